The van der Waals surface area contributed by atoms with Gasteiger partial charge < -0.3 is 4.74 Å². The standard InChI is InChI=1S/C26H22Br2N4O4/c1-3-16(2)25-30-22-12-11-20(28)13-21(22)26(33)31(25)29-14-18-5-4-6-23(32(34)35)24(18)36-15-17-7-9-19(27)10-8-17/h4-14,16H,3,15H2,1-2H3/t16-/m1/s1. The highest BCUT2D eigenvalue weighted by molar-refractivity contribution is 9.10. The topological polar surface area (TPSA) is 99.6 Å². The summed E-state index contributed by atoms with van der Waals surface area (Å²) in [7, 11) is 0. The highest BCUT2D eigenvalue weighted by Crippen LogP contribution is 2.31. The zero-order chi connectivity index (χ0) is 25.8. The van der Waals surface area contributed by atoms with Crippen LogP contribution in [0.25, 0.3) is 10.9 Å². The Morgan fingerprint density at radius 3 is 2.56 bits per heavy atom. The molecule has 8 nitrogen and oxygen atoms in total. The fraction of sp³-hybridized carbons (Fsp3) is 0.192. The largest absolute Gasteiger partial charge is 0.481 e. The molecule has 0 fully saturated rings. The molecular weight excluding hydrogens is 592 g/mol. The number of aromatic nitrogens is 2. The molecule has 4 aromatic rings. The predicted octanol–water partition coefficient (Wildman–Crippen LogP) is 6.80. The molecule has 4 rings (SSSR count). The average Bonchev–Trinajstić information content (AvgIpc) is 2.87. The second-order valence-corrected chi connectivity index (χ2v) is 10.0. The molecule has 36 heavy (non-hydrogen) atoms. The molecule has 10 heteroatoms. The van der Waals surface area contributed by atoms with Crippen molar-refractivity contribution in [2.45, 2.75) is 32.8 Å². The number of nitrogens with zero attached hydrogens (tertiary/aromatic N) is 4. The molecule has 0 N–H and O–H groups in total. The lowest BCUT2D eigenvalue weighted by Gasteiger charge is -2.14. The van der Waals surface area contributed by atoms with Gasteiger partial charge in [-0.25, -0.2) is 4.98 Å². The number of nitro groups is 1. The Morgan fingerprint density at radius 2 is 1.86 bits per heavy atom. The summed E-state index contributed by atoms with van der Waals surface area (Å²) in [4.78, 5) is 29.3. The van der Waals surface area contributed by atoms with Crippen LogP contribution in [0.2, 0.25) is 0 Å². The van der Waals surface area contributed by atoms with Crippen LogP contribution in [0.5, 0.6) is 5.75 Å². The van der Waals surface area contributed by atoms with E-state index in [1.165, 1.54) is 17.0 Å². The van der Waals surface area contributed by atoms with Gasteiger partial charge in [0.2, 0.25) is 5.75 Å². The number of hydrogen-bond donors (Lipinski definition) is 0. The van der Waals surface area contributed by atoms with E-state index in [-0.39, 0.29) is 29.5 Å². The lowest BCUT2D eigenvalue weighted by Crippen LogP contribution is -2.23. The summed E-state index contributed by atoms with van der Waals surface area (Å²) in [6.45, 7) is 4.10. The first-order chi connectivity index (χ1) is 17.3. The van der Waals surface area contributed by atoms with Crippen molar-refractivity contribution in [2.75, 3.05) is 0 Å². The summed E-state index contributed by atoms with van der Waals surface area (Å²) in [6, 6.07) is 17.4. The molecule has 1 heterocycles. The van der Waals surface area contributed by atoms with Crippen molar-refractivity contribution in [1.29, 1.82) is 0 Å². The van der Waals surface area contributed by atoms with Crippen molar-refractivity contribution in [1.82, 2.24) is 9.66 Å². The molecule has 0 saturated heterocycles. The van der Waals surface area contributed by atoms with E-state index in [9.17, 15) is 14.9 Å². The van der Waals surface area contributed by atoms with Gasteiger partial charge >= 0.3 is 5.69 Å². The summed E-state index contributed by atoms with van der Waals surface area (Å²) in [5, 5.41) is 16.6. The Morgan fingerprint density at radius 1 is 1.14 bits per heavy atom. The molecule has 0 aliphatic heterocycles. The van der Waals surface area contributed by atoms with Crippen molar-refractivity contribution in [2.24, 2.45) is 5.10 Å². The van der Waals surface area contributed by atoms with Gasteiger partial charge in [-0.05, 0) is 48.4 Å². The van der Waals surface area contributed by atoms with Crippen LogP contribution in [-0.4, -0.2) is 20.8 Å². The summed E-state index contributed by atoms with van der Waals surface area (Å²) in [5.74, 6) is 0.543. The molecule has 0 saturated carbocycles. The number of hydrogen-bond acceptors (Lipinski definition) is 6. The van der Waals surface area contributed by atoms with Gasteiger partial charge in [-0.1, -0.05) is 63.9 Å². The fourth-order valence-corrected chi connectivity index (χ4v) is 4.21. The van der Waals surface area contributed by atoms with Crippen LogP contribution in [0.1, 0.15) is 43.1 Å². The molecule has 184 valence electrons. The summed E-state index contributed by atoms with van der Waals surface area (Å²) < 4.78 is 8.84. The number of ether oxygens (including phenoxy) is 1. The molecule has 0 spiro atoms. The molecule has 0 amide bonds. The van der Waals surface area contributed by atoms with Crippen molar-refractivity contribution in [3.05, 3.63) is 107 Å². The van der Waals surface area contributed by atoms with Crippen LogP contribution < -0.4 is 10.3 Å². The summed E-state index contributed by atoms with van der Waals surface area (Å²) in [5.41, 5.74) is 1.29. The highest BCUT2D eigenvalue weighted by atomic mass is 79.9. The predicted molar refractivity (Wildman–Crippen MR) is 147 cm³/mol. The zero-order valence-electron chi connectivity index (χ0n) is 19.5. The van der Waals surface area contributed by atoms with E-state index in [1.54, 1.807) is 24.3 Å². The van der Waals surface area contributed by atoms with Crippen LogP contribution in [0.4, 0.5) is 5.69 Å². The van der Waals surface area contributed by atoms with E-state index in [4.69, 9.17) is 9.72 Å². The quantitative estimate of drug-likeness (QED) is 0.124. The van der Waals surface area contributed by atoms with E-state index in [0.717, 1.165) is 20.9 Å². The number of fused-ring (bicyclic) bond motifs is 1. The SMILES string of the molecule is CC[C@@H](C)c1nc2ccc(Br)cc2c(=O)n1N=Cc1cccc([N+](=O)[O-])c1OCc1ccc(Br)cc1. The van der Waals surface area contributed by atoms with Crippen molar-refractivity contribution in [3.8, 4) is 5.75 Å². The lowest BCUT2D eigenvalue weighted by atomic mass is 10.1. The number of rotatable bonds is 8. The molecule has 0 bridgehead atoms. The lowest BCUT2D eigenvalue weighted by molar-refractivity contribution is -0.385. The molecule has 0 unspecified atom stereocenters. The van der Waals surface area contributed by atoms with E-state index in [2.05, 4.69) is 37.0 Å². The van der Waals surface area contributed by atoms with E-state index in [0.29, 0.717) is 22.3 Å². The number of nitro benzene ring substituents is 1. The number of halogens is 2. The zero-order valence-corrected chi connectivity index (χ0v) is 22.7. The Balaban J connectivity index is 1.79. The minimum atomic E-state index is -0.500. The maximum atomic E-state index is 13.4. The third-order valence-electron chi connectivity index (χ3n) is 5.72. The molecule has 0 aliphatic carbocycles. The van der Waals surface area contributed by atoms with Gasteiger partial charge in [0.25, 0.3) is 5.56 Å². The second kappa shape index (κ2) is 11.1. The minimum absolute atomic E-state index is 0.0406. The maximum Gasteiger partial charge on any atom is 0.311 e. The fourth-order valence-electron chi connectivity index (χ4n) is 3.58. The summed E-state index contributed by atoms with van der Waals surface area (Å²) >= 11 is 6.79. The van der Waals surface area contributed by atoms with Crippen molar-refractivity contribution in [3.63, 3.8) is 0 Å². The van der Waals surface area contributed by atoms with Crippen LogP contribution in [0, 0.1) is 10.1 Å². The average molecular weight is 614 g/mol. The van der Waals surface area contributed by atoms with E-state index >= 15 is 0 Å². The van der Waals surface area contributed by atoms with Gasteiger partial charge in [0.05, 0.1) is 22.0 Å². The van der Waals surface area contributed by atoms with Crippen LogP contribution in [0.3, 0.4) is 0 Å². The highest BCUT2D eigenvalue weighted by Gasteiger charge is 2.20. The Labute approximate surface area is 224 Å². The first-order valence-corrected chi connectivity index (χ1v) is 12.8. The number of benzene rings is 3. The van der Waals surface area contributed by atoms with Crippen LogP contribution in [-0.2, 0) is 6.61 Å². The van der Waals surface area contributed by atoms with Crippen LogP contribution in [0.15, 0.2) is 79.5 Å². The Hall–Kier alpha value is -3.37. The minimum Gasteiger partial charge on any atom is -0.481 e. The first kappa shape index (κ1) is 25.7. The Bertz CT molecular complexity index is 1520. The third kappa shape index (κ3) is 5.55. The van der Waals surface area contributed by atoms with Gasteiger partial charge in [-0.15, -0.1) is 0 Å². The van der Waals surface area contributed by atoms with Crippen LogP contribution >= 0.6 is 31.9 Å². The summed E-state index contributed by atoms with van der Waals surface area (Å²) in [6.07, 6.45) is 2.16. The smallest absolute Gasteiger partial charge is 0.311 e. The Kier molecular flexibility index (Phi) is 7.95. The van der Waals surface area contributed by atoms with Crippen molar-refractivity contribution >= 4 is 54.7 Å². The third-order valence-corrected chi connectivity index (χ3v) is 6.74. The molecule has 1 aromatic heterocycles. The molecular formula is C26H22Br2N4O4. The monoisotopic (exact) mass is 612 g/mol. The van der Waals surface area contributed by atoms with E-state index < -0.39 is 4.92 Å². The first-order valence-electron chi connectivity index (χ1n) is 11.2. The van der Waals surface area contributed by atoms with Crippen molar-refractivity contribution < 1.29 is 9.66 Å². The number of para-hydroxylation sites is 1. The van der Waals surface area contributed by atoms with Gasteiger partial charge in [-0.2, -0.15) is 9.78 Å². The van der Waals surface area contributed by atoms with E-state index in [1.807, 2.05) is 44.2 Å². The van der Waals surface area contributed by atoms with Gasteiger partial charge in [0, 0.05) is 26.5 Å². The second-order valence-electron chi connectivity index (χ2n) is 8.17. The normalized spacial score (nSPS) is 12.2. The van der Waals surface area contributed by atoms with Gasteiger partial charge in [0.1, 0.15) is 12.4 Å². The maximum absolute atomic E-state index is 13.4. The molecule has 1 atom stereocenters. The molecule has 3 aromatic carbocycles. The van der Waals surface area contributed by atoms with Gasteiger partial charge in [0.15, 0.2) is 0 Å². The molecule has 0 radical (unpaired) electrons. The molecule has 0 aliphatic rings. The van der Waals surface area contributed by atoms with Gasteiger partial charge in [-0.3, -0.25) is 14.9 Å².